The molecular weight excluding hydrogens is 398 g/mol. The Morgan fingerprint density at radius 2 is 2.03 bits per heavy atom. The lowest BCUT2D eigenvalue weighted by molar-refractivity contribution is -0.134. The van der Waals surface area contributed by atoms with Crippen LogP contribution in [0, 0.1) is 5.92 Å². The number of ether oxygens (including phenoxy) is 2. The van der Waals surface area contributed by atoms with Crippen LogP contribution in [0.5, 0.6) is 5.88 Å². The predicted molar refractivity (Wildman–Crippen MR) is 118 cm³/mol. The van der Waals surface area contributed by atoms with Crippen LogP contribution < -0.4 is 10.1 Å². The monoisotopic (exact) mass is 437 g/mol. The Morgan fingerprint density at radius 3 is 2.65 bits per heavy atom. The van der Waals surface area contributed by atoms with E-state index >= 15 is 0 Å². The molecule has 2 unspecified atom stereocenters. The predicted octanol–water partition coefficient (Wildman–Crippen LogP) is 4.50. The number of likely N-dealkylation sites (tertiary alicyclic amines) is 1. The van der Waals surface area contributed by atoms with Gasteiger partial charge in [-0.15, -0.1) is 0 Å². The first kappa shape index (κ1) is 25.0. The van der Waals surface area contributed by atoms with Gasteiger partial charge in [-0.05, 0) is 70.9 Å². The minimum absolute atomic E-state index is 0.110. The molecule has 2 atom stereocenters. The van der Waals surface area contributed by atoms with Gasteiger partial charge in [-0.3, -0.25) is 4.79 Å². The van der Waals surface area contributed by atoms with E-state index in [0.29, 0.717) is 24.8 Å². The van der Waals surface area contributed by atoms with Crippen molar-refractivity contribution in [3.05, 3.63) is 11.8 Å². The molecule has 176 valence electrons. The zero-order valence-electron chi connectivity index (χ0n) is 19.9. The van der Waals surface area contributed by atoms with Crippen LogP contribution in [0.1, 0.15) is 85.3 Å². The summed E-state index contributed by atoms with van der Waals surface area (Å²) in [7, 11) is 0. The van der Waals surface area contributed by atoms with Crippen LogP contribution in [0.3, 0.4) is 0 Å². The van der Waals surface area contributed by atoms with E-state index in [1.54, 1.807) is 6.07 Å². The summed E-state index contributed by atoms with van der Waals surface area (Å²) in [5.41, 5.74) is -0.486. The third kappa shape index (κ3) is 8.07. The highest BCUT2D eigenvalue weighted by Crippen LogP contribution is 2.32. The first-order valence-corrected chi connectivity index (χ1v) is 11.4. The summed E-state index contributed by atoms with van der Waals surface area (Å²) in [4.78, 5) is 26.6. The van der Waals surface area contributed by atoms with Gasteiger partial charge in [0.2, 0.25) is 5.91 Å². The first-order valence-electron chi connectivity index (χ1n) is 11.4. The molecule has 0 aliphatic carbocycles. The highest BCUT2D eigenvalue weighted by atomic mass is 16.6. The van der Waals surface area contributed by atoms with E-state index in [-0.39, 0.29) is 23.8 Å². The number of nitrogens with zero attached hydrogens (tertiary/aromatic N) is 2. The molecule has 0 saturated carbocycles. The number of carbonyl (C=O) groups excluding carboxylic acids is 2. The number of hydrogen-bond acceptors (Lipinski definition) is 6. The minimum Gasteiger partial charge on any atom is -0.476 e. The van der Waals surface area contributed by atoms with E-state index in [1.165, 1.54) is 0 Å². The van der Waals surface area contributed by atoms with Crippen LogP contribution in [-0.4, -0.2) is 53.4 Å². The fraction of sp³-hybridized carbons (Fsp3) is 0.783. The Morgan fingerprint density at radius 1 is 1.29 bits per heavy atom. The summed E-state index contributed by atoms with van der Waals surface area (Å²) in [6.45, 7) is 13.5. The van der Waals surface area contributed by atoms with Crippen LogP contribution >= 0.6 is 0 Å². The molecule has 1 aromatic rings. The summed E-state index contributed by atoms with van der Waals surface area (Å²) in [5.74, 6) is 0.855. The van der Waals surface area contributed by atoms with E-state index in [4.69, 9.17) is 14.0 Å². The molecule has 1 N–H and O–H groups in total. The maximum Gasteiger partial charge on any atom is 0.407 e. The van der Waals surface area contributed by atoms with Crippen molar-refractivity contribution in [1.29, 1.82) is 0 Å². The Bertz CT molecular complexity index is 710. The Kier molecular flexibility index (Phi) is 9.19. The largest absolute Gasteiger partial charge is 0.476 e. The number of aromatic nitrogens is 1. The van der Waals surface area contributed by atoms with Gasteiger partial charge in [0.25, 0.3) is 5.88 Å². The third-order valence-corrected chi connectivity index (χ3v) is 5.32. The molecule has 0 radical (unpaired) electrons. The number of carbonyl (C=O) groups is 2. The summed E-state index contributed by atoms with van der Waals surface area (Å²) >= 11 is 0. The van der Waals surface area contributed by atoms with Crippen molar-refractivity contribution in [3.63, 3.8) is 0 Å². The van der Waals surface area contributed by atoms with Crippen LogP contribution in [0.25, 0.3) is 0 Å². The minimum atomic E-state index is -0.486. The number of rotatable bonds is 10. The Balaban J connectivity index is 1.72. The van der Waals surface area contributed by atoms with Crippen molar-refractivity contribution in [2.45, 2.75) is 91.2 Å². The average Bonchev–Trinajstić information content (AvgIpc) is 3.28. The standard InChI is InChI=1S/C23H39N3O5/c1-16(2)20(21(27)26-13-10-11-17(26)3)18-15-19(25-31-18)29-14-9-7-8-12-24-22(28)30-23(4,5)6/h15-17,20H,7-14H2,1-6H3,(H,24,28). The molecule has 8 nitrogen and oxygen atoms in total. The number of hydrogen-bond donors (Lipinski definition) is 1. The van der Waals surface area contributed by atoms with Gasteiger partial charge in [0.1, 0.15) is 11.5 Å². The van der Waals surface area contributed by atoms with Gasteiger partial charge in [0.05, 0.1) is 6.61 Å². The van der Waals surface area contributed by atoms with Crippen molar-refractivity contribution in [1.82, 2.24) is 15.4 Å². The summed E-state index contributed by atoms with van der Waals surface area (Å²) < 4.78 is 16.4. The van der Waals surface area contributed by atoms with Crippen molar-refractivity contribution in [2.75, 3.05) is 19.7 Å². The number of alkyl carbamates (subject to hydrolysis) is 1. The molecule has 1 aliphatic heterocycles. The molecule has 0 spiro atoms. The zero-order chi connectivity index (χ0) is 23.0. The van der Waals surface area contributed by atoms with Crippen molar-refractivity contribution in [2.24, 2.45) is 5.92 Å². The van der Waals surface area contributed by atoms with Crippen LogP contribution in [0.2, 0.25) is 0 Å². The van der Waals surface area contributed by atoms with Crippen molar-refractivity contribution in [3.8, 4) is 5.88 Å². The normalized spacial score (nSPS) is 17.6. The molecule has 8 heteroatoms. The molecule has 2 heterocycles. The molecule has 2 rings (SSSR count). The van der Waals surface area contributed by atoms with E-state index in [2.05, 4.69) is 17.4 Å². The highest BCUT2D eigenvalue weighted by molar-refractivity contribution is 5.84. The molecule has 31 heavy (non-hydrogen) atoms. The van der Waals surface area contributed by atoms with E-state index in [0.717, 1.165) is 38.6 Å². The fourth-order valence-electron chi connectivity index (χ4n) is 3.75. The highest BCUT2D eigenvalue weighted by Gasteiger charge is 2.35. The SMILES string of the molecule is CC(C)C(C(=O)N1CCCC1C)c1cc(OCCCCCNC(=O)OC(C)(C)C)no1. The van der Waals surface area contributed by atoms with Gasteiger partial charge >= 0.3 is 6.09 Å². The second-order valence-electron chi connectivity index (χ2n) is 9.65. The second kappa shape index (κ2) is 11.4. The van der Waals surface area contributed by atoms with Crippen LogP contribution in [-0.2, 0) is 9.53 Å². The van der Waals surface area contributed by atoms with Gasteiger partial charge in [-0.25, -0.2) is 4.79 Å². The quantitative estimate of drug-likeness (QED) is 0.542. The molecular formula is C23H39N3O5. The molecule has 2 amide bonds. The maximum absolute atomic E-state index is 13.1. The zero-order valence-corrected chi connectivity index (χ0v) is 19.9. The Labute approximate surface area is 186 Å². The van der Waals surface area contributed by atoms with Crippen LogP contribution in [0.4, 0.5) is 4.79 Å². The summed E-state index contributed by atoms with van der Waals surface area (Å²) in [5, 5.41) is 6.74. The topological polar surface area (TPSA) is 93.9 Å². The van der Waals surface area contributed by atoms with Gasteiger partial charge in [-0.1, -0.05) is 13.8 Å². The van der Waals surface area contributed by atoms with Crippen molar-refractivity contribution >= 4 is 12.0 Å². The second-order valence-corrected chi connectivity index (χ2v) is 9.65. The molecule has 0 aromatic carbocycles. The van der Waals surface area contributed by atoms with Crippen molar-refractivity contribution < 1.29 is 23.6 Å². The van der Waals surface area contributed by atoms with E-state index in [1.807, 2.05) is 39.5 Å². The average molecular weight is 438 g/mol. The first-order chi connectivity index (χ1) is 14.6. The number of nitrogens with one attached hydrogen (secondary N) is 1. The summed E-state index contributed by atoms with van der Waals surface area (Å²) in [6.07, 6.45) is 4.28. The van der Waals surface area contributed by atoms with Gasteiger partial charge < -0.3 is 24.2 Å². The third-order valence-electron chi connectivity index (χ3n) is 5.32. The fourth-order valence-corrected chi connectivity index (χ4v) is 3.75. The lowest BCUT2D eigenvalue weighted by Crippen LogP contribution is -2.38. The number of amides is 2. The molecule has 1 saturated heterocycles. The molecule has 1 aliphatic rings. The lowest BCUT2D eigenvalue weighted by Gasteiger charge is -2.27. The maximum atomic E-state index is 13.1. The smallest absolute Gasteiger partial charge is 0.407 e. The van der Waals surface area contributed by atoms with E-state index in [9.17, 15) is 9.59 Å². The van der Waals surface area contributed by atoms with E-state index < -0.39 is 11.7 Å². The van der Waals surface area contributed by atoms with Gasteiger partial charge in [0.15, 0.2) is 5.76 Å². The molecule has 1 fully saturated rings. The van der Waals surface area contributed by atoms with Gasteiger partial charge in [0, 0.05) is 25.2 Å². The van der Waals surface area contributed by atoms with Gasteiger partial charge in [-0.2, -0.15) is 0 Å². The number of unbranched alkanes of at least 4 members (excludes halogenated alkanes) is 2. The summed E-state index contributed by atoms with van der Waals surface area (Å²) in [6, 6.07) is 2.02. The lowest BCUT2D eigenvalue weighted by atomic mass is 9.91. The molecule has 1 aromatic heterocycles. The Hall–Kier alpha value is -2.25. The van der Waals surface area contributed by atoms with Crippen LogP contribution in [0.15, 0.2) is 10.6 Å². The molecule has 0 bridgehead atoms.